The Morgan fingerprint density at radius 1 is 1.26 bits per heavy atom. The Morgan fingerprint density at radius 3 is 2.61 bits per heavy atom. The van der Waals surface area contributed by atoms with Gasteiger partial charge in [-0.15, -0.1) is 0 Å². The topological polar surface area (TPSA) is 34.9 Å². The number of rotatable bonds is 4. The van der Waals surface area contributed by atoms with Crippen molar-refractivity contribution < 1.29 is 0 Å². The van der Waals surface area contributed by atoms with E-state index in [0.29, 0.717) is 16.3 Å². The molecule has 4 heteroatoms. The number of aromatic nitrogens is 2. The normalized spacial score (nSPS) is 17.3. The first kappa shape index (κ1) is 16.5. The molecule has 0 aliphatic heterocycles. The molecule has 124 valence electrons. The molecule has 1 unspecified atom stereocenters. The third-order valence-electron chi connectivity index (χ3n) is 4.86. The summed E-state index contributed by atoms with van der Waals surface area (Å²) in [5, 5.41) is 1.08. The second kappa shape index (κ2) is 6.64. The number of hydrogen-bond acceptors (Lipinski definition) is 2. The minimum atomic E-state index is 0.0399. The summed E-state index contributed by atoms with van der Waals surface area (Å²) in [7, 11) is 0. The van der Waals surface area contributed by atoms with Gasteiger partial charge in [-0.25, -0.2) is 4.98 Å². The summed E-state index contributed by atoms with van der Waals surface area (Å²) in [6.07, 6.45) is 5.55. The third kappa shape index (κ3) is 3.16. The standard InChI is InChI=1S/C19H25ClN2O/c1-12(2)11-13(3)18-21-16-10-6-9-15(20)17(16)19(23)22(18)14-7-4-5-8-14/h6,9-10,12-14H,4-5,7-8,11H2,1-3H3. The van der Waals surface area contributed by atoms with E-state index in [9.17, 15) is 4.79 Å². The van der Waals surface area contributed by atoms with E-state index in [2.05, 4.69) is 20.8 Å². The van der Waals surface area contributed by atoms with E-state index >= 15 is 0 Å². The Bertz CT molecular complexity index is 760. The van der Waals surface area contributed by atoms with Gasteiger partial charge in [-0.3, -0.25) is 9.36 Å². The molecule has 3 nitrogen and oxygen atoms in total. The molecule has 2 aromatic rings. The van der Waals surface area contributed by atoms with Gasteiger partial charge in [-0.05, 0) is 37.3 Å². The molecule has 1 atom stereocenters. The third-order valence-corrected chi connectivity index (χ3v) is 5.18. The van der Waals surface area contributed by atoms with Crippen molar-refractivity contribution in [2.75, 3.05) is 0 Å². The molecule has 0 radical (unpaired) electrons. The Labute approximate surface area is 142 Å². The van der Waals surface area contributed by atoms with Crippen LogP contribution in [-0.4, -0.2) is 9.55 Å². The number of fused-ring (bicyclic) bond motifs is 1. The van der Waals surface area contributed by atoms with Crippen molar-refractivity contribution in [1.29, 1.82) is 0 Å². The molecule has 3 rings (SSSR count). The quantitative estimate of drug-likeness (QED) is 0.760. The fourth-order valence-electron chi connectivity index (χ4n) is 3.89. The SMILES string of the molecule is CC(C)CC(C)c1nc2cccc(Cl)c2c(=O)n1C1CCCC1. The van der Waals surface area contributed by atoms with Gasteiger partial charge in [0.2, 0.25) is 0 Å². The molecule has 0 N–H and O–H groups in total. The largest absolute Gasteiger partial charge is 0.293 e. The van der Waals surface area contributed by atoms with E-state index in [4.69, 9.17) is 16.6 Å². The second-order valence-electron chi connectivity index (χ2n) is 7.25. The van der Waals surface area contributed by atoms with Crippen LogP contribution in [0, 0.1) is 5.92 Å². The fraction of sp³-hybridized carbons (Fsp3) is 0.579. The highest BCUT2D eigenvalue weighted by atomic mass is 35.5. The lowest BCUT2D eigenvalue weighted by Crippen LogP contribution is -2.29. The lowest BCUT2D eigenvalue weighted by molar-refractivity contribution is 0.430. The Hall–Kier alpha value is -1.35. The molecule has 1 aromatic heterocycles. The van der Waals surface area contributed by atoms with Gasteiger partial charge >= 0.3 is 0 Å². The lowest BCUT2D eigenvalue weighted by atomic mass is 9.97. The zero-order valence-corrected chi connectivity index (χ0v) is 14.9. The van der Waals surface area contributed by atoms with Gasteiger partial charge in [0.05, 0.1) is 15.9 Å². The highest BCUT2D eigenvalue weighted by Crippen LogP contribution is 2.33. The molecule has 1 aliphatic carbocycles. The minimum Gasteiger partial charge on any atom is -0.293 e. The average Bonchev–Trinajstić information content (AvgIpc) is 3.00. The zero-order valence-electron chi connectivity index (χ0n) is 14.2. The van der Waals surface area contributed by atoms with Crippen molar-refractivity contribution in [2.45, 2.75) is 64.8 Å². The van der Waals surface area contributed by atoms with Crippen LogP contribution in [0.25, 0.3) is 10.9 Å². The summed E-state index contributed by atoms with van der Waals surface area (Å²) in [5.74, 6) is 1.78. The zero-order chi connectivity index (χ0) is 16.6. The number of nitrogens with zero attached hydrogens (tertiary/aromatic N) is 2. The molecule has 23 heavy (non-hydrogen) atoms. The summed E-state index contributed by atoms with van der Waals surface area (Å²) in [5.41, 5.74) is 0.764. The van der Waals surface area contributed by atoms with Crippen LogP contribution in [0.2, 0.25) is 5.02 Å². The van der Waals surface area contributed by atoms with Gasteiger partial charge in [0.25, 0.3) is 5.56 Å². The summed E-state index contributed by atoms with van der Waals surface area (Å²) in [6.45, 7) is 6.61. The molecule has 0 amide bonds. The number of hydrogen-bond donors (Lipinski definition) is 0. The molecule has 1 saturated carbocycles. The van der Waals surface area contributed by atoms with E-state index in [0.717, 1.165) is 30.6 Å². The number of benzene rings is 1. The van der Waals surface area contributed by atoms with Gasteiger partial charge in [0.1, 0.15) is 5.82 Å². The second-order valence-corrected chi connectivity index (χ2v) is 7.66. The predicted molar refractivity (Wildman–Crippen MR) is 96.4 cm³/mol. The fourth-order valence-corrected chi connectivity index (χ4v) is 4.15. The Morgan fingerprint density at radius 2 is 1.96 bits per heavy atom. The van der Waals surface area contributed by atoms with Crippen molar-refractivity contribution in [3.63, 3.8) is 0 Å². The highest BCUT2D eigenvalue weighted by molar-refractivity contribution is 6.35. The van der Waals surface area contributed by atoms with Gasteiger partial charge in [0.15, 0.2) is 0 Å². The van der Waals surface area contributed by atoms with Gasteiger partial charge in [-0.2, -0.15) is 0 Å². The summed E-state index contributed by atoms with van der Waals surface area (Å²) < 4.78 is 1.97. The van der Waals surface area contributed by atoms with Crippen LogP contribution in [0.15, 0.2) is 23.0 Å². The first-order valence-corrected chi connectivity index (χ1v) is 9.07. The first-order chi connectivity index (χ1) is 11.0. The van der Waals surface area contributed by atoms with Gasteiger partial charge in [0, 0.05) is 12.0 Å². The molecule has 1 aromatic carbocycles. The monoisotopic (exact) mass is 332 g/mol. The van der Waals surface area contributed by atoms with Crippen LogP contribution in [0.4, 0.5) is 0 Å². The minimum absolute atomic E-state index is 0.0399. The van der Waals surface area contributed by atoms with Crippen molar-refractivity contribution in [1.82, 2.24) is 9.55 Å². The predicted octanol–water partition coefficient (Wildman–Crippen LogP) is 5.31. The maximum atomic E-state index is 13.2. The van der Waals surface area contributed by atoms with Crippen molar-refractivity contribution in [3.8, 4) is 0 Å². The van der Waals surface area contributed by atoms with Crippen molar-refractivity contribution in [2.24, 2.45) is 5.92 Å². The molecule has 1 fully saturated rings. The molecule has 0 bridgehead atoms. The molecular formula is C19H25ClN2O. The van der Waals surface area contributed by atoms with Crippen molar-refractivity contribution >= 4 is 22.5 Å². The maximum absolute atomic E-state index is 13.2. The van der Waals surface area contributed by atoms with Gasteiger partial charge in [-0.1, -0.05) is 51.3 Å². The van der Waals surface area contributed by atoms with Crippen LogP contribution in [0.3, 0.4) is 0 Å². The first-order valence-electron chi connectivity index (χ1n) is 8.69. The Kier molecular flexibility index (Phi) is 4.77. The number of halogens is 1. The summed E-state index contributed by atoms with van der Waals surface area (Å²) in [4.78, 5) is 18.1. The van der Waals surface area contributed by atoms with Crippen molar-refractivity contribution in [3.05, 3.63) is 39.4 Å². The Balaban J connectivity index is 2.23. The molecule has 0 saturated heterocycles. The van der Waals surface area contributed by atoms with Crippen LogP contribution >= 0.6 is 11.6 Å². The van der Waals surface area contributed by atoms with E-state index in [-0.39, 0.29) is 17.5 Å². The van der Waals surface area contributed by atoms with Crippen LogP contribution in [0.1, 0.15) is 70.7 Å². The van der Waals surface area contributed by atoms with E-state index in [1.165, 1.54) is 12.8 Å². The molecule has 1 heterocycles. The van der Waals surface area contributed by atoms with Crippen LogP contribution in [-0.2, 0) is 0 Å². The molecule has 0 spiro atoms. The van der Waals surface area contributed by atoms with E-state index in [1.54, 1.807) is 6.07 Å². The van der Waals surface area contributed by atoms with E-state index < -0.39 is 0 Å². The lowest BCUT2D eigenvalue weighted by Gasteiger charge is -2.23. The average molecular weight is 333 g/mol. The van der Waals surface area contributed by atoms with Gasteiger partial charge < -0.3 is 0 Å². The van der Waals surface area contributed by atoms with Crippen LogP contribution in [0.5, 0.6) is 0 Å². The van der Waals surface area contributed by atoms with Crippen LogP contribution < -0.4 is 5.56 Å². The smallest absolute Gasteiger partial charge is 0.263 e. The molecule has 1 aliphatic rings. The molecular weight excluding hydrogens is 308 g/mol. The maximum Gasteiger partial charge on any atom is 0.263 e. The summed E-state index contributed by atoms with van der Waals surface area (Å²) in [6, 6.07) is 5.82. The summed E-state index contributed by atoms with van der Waals surface area (Å²) >= 11 is 6.30. The van der Waals surface area contributed by atoms with E-state index in [1.807, 2.05) is 16.7 Å². The highest BCUT2D eigenvalue weighted by Gasteiger charge is 2.26.